The molecule has 0 unspecified atom stereocenters. The van der Waals surface area contributed by atoms with E-state index >= 15 is 0 Å². The molecule has 0 aromatic heterocycles. The molecule has 0 saturated heterocycles. The molecule has 0 radical (unpaired) electrons. The van der Waals surface area contributed by atoms with Crippen molar-refractivity contribution in [3.05, 3.63) is 23.8 Å². The Morgan fingerprint density at radius 1 is 0.854 bits per heavy atom. The van der Waals surface area contributed by atoms with Crippen LogP contribution in [0.2, 0.25) is 0 Å². The summed E-state index contributed by atoms with van der Waals surface area (Å²) in [4.78, 5) is 48.7. The molecule has 0 heterocycles. The number of hydrogen-bond acceptors (Lipinski definition) is 12. The van der Waals surface area contributed by atoms with Gasteiger partial charge in [-0.25, -0.2) is 14.4 Å². The topological polar surface area (TPSA) is 159 Å². The Labute approximate surface area is 241 Å². The van der Waals surface area contributed by atoms with Crippen molar-refractivity contribution in [1.29, 1.82) is 0 Å². The number of nitrogens with two attached hydrogens (primary N) is 1. The van der Waals surface area contributed by atoms with Crippen molar-refractivity contribution < 1.29 is 52.3 Å². The maximum absolute atomic E-state index is 12.5. The van der Waals surface area contributed by atoms with Gasteiger partial charge in [0.1, 0.15) is 24.9 Å². The zero-order valence-corrected chi connectivity index (χ0v) is 24.2. The number of rotatable bonds is 15. The average molecular weight is 582 g/mol. The van der Waals surface area contributed by atoms with Crippen molar-refractivity contribution in [3.63, 3.8) is 0 Å². The molecule has 1 aliphatic rings. The zero-order valence-electron chi connectivity index (χ0n) is 24.2. The quantitative estimate of drug-likeness (QED) is 0.118. The molecule has 230 valence electrons. The van der Waals surface area contributed by atoms with E-state index in [2.05, 4.69) is 0 Å². The van der Waals surface area contributed by atoms with Crippen molar-refractivity contribution in [2.45, 2.75) is 103 Å². The van der Waals surface area contributed by atoms with Gasteiger partial charge in [-0.1, -0.05) is 39.2 Å². The van der Waals surface area contributed by atoms with Crippen molar-refractivity contribution >= 4 is 24.4 Å². The number of carbonyl (C=O) groups is 4. The number of esters is 1. The molecule has 2 atom stereocenters. The number of hydrogen-bond donors (Lipinski definition) is 1. The van der Waals surface area contributed by atoms with Crippen LogP contribution in [0, 0.1) is 0 Å². The fourth-order valence-corrected chi connectivity index (χ4v) is 3.87. The van der Waals surface area contributed by atoms with Gasteiger partial charge < -0.3 is 38.9 Å². The third-order valence-electron chi connectivity index (χ3n) is 6.16. The summed E-state index contributed by atoms with van der Waals surface area (Å²) in [5.41, 5.74) is 6.53. The third-order valence-corrected chi connectivity index (χ3v) is 6.16. The van der Waals surface area contributed by atoms with Gasteiger partial charge in [-0.15, -0.1) is 0 Å². The molecule has 12 heteroatoms. The lowest BCUT2D eigenvalue weighted by molar-refractivity contribution is -0.148. The summed E-state index contributed by atoms with van der Waals surface area (Å²) in [6.07, 6.45) is 4.21. The first-order valence-corrected chi connectivity index (χ1v) is 14.3. The third kappa shape index (κ3) is 13.6. The normalized spacial score (nSPS) is 14.7. The van der Waals surface area contributed by atoms with Gasteiger partial charge >= 0.3 is 24.4 Å². The number of ether oxygens (including phenoxy) is 7. The highest BCUT2D eigenvalue weighted by molar-refractivity contribution is 5.76. The fourth-order valence-electron chi connectivity index (χ4n) is 3.87. The zero-order chi connectivity index (χ0) is 30.0. The van der Waals surface area contributed by atoms with E-state index in [1.54, 1.807) is 13.0 Å². The summed E-state index contributed by atoms with van der Waals surface area (Å²) in [5, 5.41) is 0. The summed E-state index contributed by atoms with van der Waals surface area (Å²) in [6, 6.07) is 3.29. The van der Waals surface area contributed by atoms with E-state index < -0.39 is 36.6 Å². The van der Waals surface area contributed by atoms with Crippen LogP contribution in [0.15, 0.2) is 18.2 Å². The van der Waals surface area contributed by atoms with E-state index in [1.165, 1.54) is 12.1 Å². The predicted octanol–water partition coefficient (Wildman–Crippen LogP) is 5.61. The van der Waals surface area contributed by atoms with E-state index in [1.807, 2.05) is 13.8 Å². The molecule has 0 bridgehead atoms. The first-order chi connectivity index (χ1) is 19.7. The second kappa shape index (κ2) is 18.7. The molecular weight excluding hydrogens is 538 g/mol. The molecule has 2 rings (SSSR count). The van der Waals surface area contributed by atoms with Gasteiger partial charge in [0, 0.05) is 0 Å². The highest BCUT2D eigenvalue weighted by atomic mass is 16.7. The van der Waals surface area contributed by atoms with Gasteiger partial charge in [0.05, 0.1) is 13.2 Å². The van der Waals surface area contributed by atoms with Gasteiger partial charge in [0.15, 0.2) is 11.5 Å². The second-order valence-electron chi connectivity index (χ2n) is 9.89. The van der Waals surface area contributed by atoms with Gasteiger partial charge in [-0.2, -0.15) is 0 Å². The van der Waals surface area contributed by atoms with Crippen LogP contribution in [0.3, 0.4) is 0 Å². The molecule has 1 saturated carbocycles. The van der Waals surface area contributed by atoms with Crippen LogP contribution in [-0.4, -0.2) is 62.5 Å². The Morgan fingerprint density at radius 2 is 1.46 bits per heavy atom. The molecule has 0 aliphatic heterocycles. The van der Waals surface area contributed by atoms with E-state index in [9.17, 15) is 19.2 Å². The first kappa shape index (κ1) is 33.7. The second-order valence-corrected chi connectivity index (χ2v) is 9.89. The lowest BCUT2D eigenvalue weighted by atomic mass is 9.98. The van der Waals surface area contributed by atoms with E-state index in [4.69, 9.17) is 38.9 Å². The van der Waals surface area contributed by atoms with Crippen LogP contribution in [0.25, 0.3) is 0 Å². The van der Waals surface area contributed by atoms with E-state index in [-0.39, 0.29) is 43.8 Å². The van der Waals surface area contributed by atoms with Crippen molar-refractivity contribution in [3.8, 4) is 11.5 Å². The standard InChI is InChI=1S/C29H43NO11/c1-4-6-15-35-27(32)40-24-14-13-21(18-25(24)41-28(33)36-16-7-5-2)17-23(30)26(31)37-19-20(3)38-29(34)39-22-11-9-8-10-12-22/h13-14,18,20,22-23H,4-12,15-17,19,30H2,1-3H3/t20-,23-/m0/s1. The molecule has 2 N–H and O–H groups in total. The number of carbonyl (C=O) groups excluding carboxylic acids is 4. The minimum Gasteiger partial charge on any atom is -0.461 e. The average Bonchev–Trinajstić information content (AvgIpc) is 2.93. The summed E-state index contributed by atoms with van der Waals surface area (Å²) in [5.74, 6) is -0.886. The SMILES string of the molecule is CCCCOC(=O)Oc1ccc(C[C@H](N)C(=O)OC[C@H](C)OC(=O)OC2CCCCC2)cc1OC(=O)OCCCC. The maximum atomic E-state index is 12.5. The fraction of sp³-hybridized carbons (Fsp3) is 0.655. The number of unbranched alkanes of at least 4 members (excludes halogenated alkanes) is 2. The Bertz CT molecular complexity index is 978. The predicted molar refractivity (Wildman–Crippen MR) is 147 cm³/mol. The van der Waals surface area contributed by atoms with Crippen LogP contribution in [0.4, 0.5) is 14.4 Å². The Kier molecular flexibility index (Phi) is 15.4. The highest BCUT2D eigenvalue weighted by Gasteiger charge is 2.23. The van der Waals surface area contributed by atoms with Crippen molar-refractivity contribution in [2.24, 2.45) is 5.73 Å². The van der Waals surface area contributed by atoms with Gasteiger partial charge in [0.2, 0.25) is 0 Å². The van der Waals surface area contributed by atoms with Crippen LogP contribution in [0.1, 0.15) is 84.1 Å². The van der Waals surface area contributed by atoms with Crippen molar-refractivity contribution in [2.75, 3.05) is 19.8 Å². The van der Waals surface area contributed by atoms with E-state index in [0.717, 1.165) is 44.9 Å². The number of benzene rings is 1. The lowest BCUT2D eigenvalue weighted by Crippen LogP contribution is -2.36. The summed E-state index contributed by atoms with van der Waals surface area (Å²) in [7, 11) is 0. The van der Waals surface area contributed by atoms with E-state index in [0.29, 0.717) is 18.4 Å². The van der Waals surface area contributed by atoms with Gasteiger partial charge in [0.25, 0.3) is 0 Å². The smallest absolute Gasteiger partial charge is 0.461 e. The molecular formula is C29H43NO11. The molecule has 1 aliphatic carbocycles. The van der Waals surface area contributed by atoms with Gasteiger partial charge in [-0.05, 0) is 69.6 Å². The van der Waals surface area contributed by atoms with Crippen LogP contribution in [-0.2, 0) is 34.9 Å². The molecule has 41 heavy (non-hydrogen) atoms. The minimum absolute atomic E-state index is 0.0141. The Hall–Kier alpha value is -3.54. The van der Waals surface area contributed by atoms with Crippen LogP contribution >= 0.6 is 0 Å². The summed E-state index contributed by atoms with van der Waals surface area (Å²) in [6.45, 7) is 5.63. The minimum atomic E-state index is -1.08. The monoisotopic (exact) mass is 581 g/mol. The molecule has 0 amide bonds. The van der Waals surface area contributed by atoms with Crippen LogP contribution in [0.5, 0.6) is 11.5 Å². The Morgan fingerprint density at radius 3 is 2.07 bits per heavy atom. The summed E-state index contributed by atoms with van der Waals surface area (Å²) < 4.78 is 36.2. The van der Waals surface area contributed by atoms with Crippen LogP contribution < -0.4 is 15.2 Å². The van der Waals surface area contributed by atoms with Crippen molar-refractivity contribution in [1.82, 2.24) is 0 Å². The Balaban J connectivity index is 1.92. The van der Waals surface area contributed by atoms with Gasteiger partial charge in [-0.3, -0.25) is 4.79 Å². The molecule has 1 aromatic rings. The maximum Gasteiger partial charge on any atom is 0.513 e. The molecule has 0 spiro atoms. The summed E-state index contributed by atoms with van der Waals surface area (Å²) >= 11 is 0. The molecule has 12 nitrogen and oxygen atoms in total. The largest absolute Gasteiger partial charge is 0.513 e. The first-order valence-electron chi connectivity index (χ1n) is 14.3. The molecule has 1 aromatic carbocycles. The molecule has 1 fully saturated rings. The highest BCUT2D eigenvalue weighted by Crippen LogP contribution is 2.30. The lowest BCUT2D eigenvalue weighted by Gasteiger charge is -2.22.